The summed E-state index contributed by atoms with van der Waals surface area (Å²) in [4.78, 5) is 14.5. The maximum atomic E-state index is 12.3. The van der Waals surface area contributed by atoms with Crippen molar-refractivity contribution in [3.8, 4) is 0 Å². The van der Waals surface area contributed by atoms with Crippen molar-refractivity contribution in [3.05, 3.63) is 34.4 Å². The molecule has 1 aromatic rings. The molecule has 0 heterocycles. The number of hydrogen-bond acceptors (Lipinski definition) is 5. The predicted molar refractivity (Wildman–Crippen MR) is 120 cm³/mol. The summed E-state index contributed by atoms with van der Waals surface area (Å²) in [5.41, 5.74) is -0.262. The highest BCUT2D eigenvalue weighted by atomic mass is 127. The molecule has 1 fully saturated rings. The van der Waals surface area contributed by atoms with Gasteiger partial charge in [-0.05, 0) is 25.8 Å². The first-order chi connectivity index (χ1) is 12.9. The second-order valence-electron chi connectivity index (χ2n) is 6.39. The molecule has 28 heavy (non-hydrogen) atoms. The number of nitrogens with zero attached hydrogens (tertiary/aromatic N) is 2. The standard InChI is InChI=1S/C17H27N5O4S.HI/c1-2-18-17(21-14-7-4-3-5-8-14)19-11-12-20-27(25,26)16-10-6-9-15(13-16)22(23)24;/h6,9-10,13-14,20H,2-5,7-8,11-12H2,1H3,(H2,18,19,21);1H. The first-order valence-corrected chi connectivity index (χ1v) is 10.7. The third-order valence-corrected chi connectivity index (χ3v) is 5.76. The molecular formula is C17H28IN5O4S. The molecule has 0 spiro atoms. The molecule has 1 saturated carbocycles. The van der Waals surface area contributed by atoms with Crippen molar-refractivity contribution in [1.29, 1.82) is 0 Å². The minimum atomic E-state index is -3.82. The van der Waals surface area contributed by atoms with E-state index in [0.29, 0.717) is 12.0 Å². The smallest absolute Gasteiger partial charge is 0.270 e. The minimum absolute atomic E-state index is 0. The van der Waals surface area contributed by atoms with E-state index in [2.05, 4.69) is 20.3 Å². The number of guanidine groups is 1. The quantitative estimate of drug-likeness (QED) is 0.120. The number of benzene rings is 1. The van der Waals surface area contributed by atoms with Crippen molar-refractivity contribution in [2.75, 3.05) is 19.6 Å². The first-order valence-electron chi connectivity index (χ1n) is 9.21. The number of nitro groups is 1. The fourth-order valence-electron chi connectivity index (χ4n) is 2.96. The number of halogens is 1. The molecule has 0 unspecified atom stereocenters. The van der Waals surface area contributed by atoms with Gasteiger partial charge in [0.25, 0.3) is 5.69 Å². The number of non-ortho nitro benzene ring substituents is 1. The molecule has 3 N–H and O–H groups in total. The Morgan fingerprint density at radius 3 is 2.64 bits per heavy atom. The molecule has 0 saturated heterocycles. The molecule has 0 aromatic heterocycles. The van der Waals surface area contributed by atoms with Gasteiger partial charge in [0.05, 0.1) is 16.4 Å². The Hall–Kier alpha value is -1.47. The van der Waals surface area contributed by atoms with Gasteiger partial charge < -0.3 is 10.6 Å². The van der Waals surface area contributed by atoms with Crippen molar-refractivity contribution in [1.82, 2.24) is 15.4 Å². The van der Waals surface area contributed by atoms with Crippen LogP contribution in [0.25, 0.3) is 0 Å². The van der Waals surface area contributed by atoms with Crippen LogP contribution in [0.1, 0.15) is 39.0 Å². The number of hydrogen-bond donors (Lipinski definition) is 3. The van der Waals surface area contributed by atoms with E-state index in [1.165, 1.54) is 37.5 Å². The summed E-state index contributed by atoms with van der Waals surface area (Å²) < 4.78 is 27.0. The van der Waals surface area contributed by atoms with Crippen LogP contribution in [0.5, 0.6) is 0 Å². The van der Waals surface area contributed by atoms with Gasteiger partial charge in [0.2, 0.25) is 10.0 Å². The number of rotatable bonds is 8. The van der Waals surface area contributed by atoms with E-state index < -0.39 is 14.9 Å². The lowest BCUT2D eigenvalue weighted by Gasteiger charge is -2.24. The van der Waals surface area contributed by atoms with E-state index >= 15 is 0 Å². The van der Waals surface area contributed by atoms with Crippen LogP contribution in [0.3, 0.4) is 0 Å². The summed E-state index contributed by atoms with van der Waals surface area (Å²) in [6, 6.07) is 5.37. The average Bonchev–Trinajstić information content (AvgIpc) is 2.66. The maximum absolute atomic E-state index is 12.3. The summed E-state index contributed by atoms with van der Waals surface area (Å²) in [5, 5.41) is 17.4. The Labute approximate surface area is 183 Å². The average molecular weight is 525 g/mol. The van der Waals surface area contributed by atoms with Gasteiger partial charge >= 0.3 is 0 Å². The van der Waals surface area contributed by atoms with Gasteiger partial charge in [0.15, 0.2) is 5.96 Å². The molecule has 0 amide bonds. The molecule has 0 aliphatic heterocycles. The Morgan fingerprint density at radius 2 is 2.00 bits per heavy atom. The van der Waals surface area contributed by atoms with E-state index in [-0.39, 0.29) is 47.6 Å². The molecular weight excluding hydrogens is 497 g/mol. The summed E-state index contributed by atoms with van der Waals surface area (Å²) >= 11 is 0. The first kappa shape index (κ1) is 24.6. The zero-order chi connectivity index (χ0) is 19.7. The Balaban J connectivity index is 0.00000392. The largest absolute Gasteiger partial charge is 0.357 e. The van der Waals surface area contributed by atoms with Crippen LogP contribution < -0.4 is 15.4 Å². The van der Waals surface area contributed by atoms with Crippen LogP contribution in [-0.4, -0.2) is 45.0 Å². The number of sulfonamides is 1. The highest BCUT2D eigenvalue weighted by Gasteiger charge is 2.17. The fourth-order valence-corrected chi connectivity index (χ4v) is 4.02. The van der Waals surface area contributed by atoms with Crippen molar-refractivity contribution in [3.63, 3.8) is 0 Å². The van der Waals surface area contributed by atoms with E-state index in [1.54, 1.807) is 0 Å². The molecule has 9 nitrogen and oxygen atoms in total. The topological polar surface area (TPSA) is 126 Å². The van der Waals surface area contributed by atoms with Crippen molar-refractivity contribution < 1.29 is 13.3 Å². The highest BCUT2D eigenvalue weighted by molar-refractivity contribution is 14.0. The van der Waals surface area contributed by atoms with Crippen molar-refractivity contribution in [2.24, 2.45) is 4.99 Å². The lowest BCUT2D eigenvalue weighted by atomic mass is 9.96. The maximum Gasteiger partial charge on any atom is 0.270 e. The highest BCUT2D eigenvalue weighted by Crippen LogP contribution is 2.18. The Kier molecular flexibility index (Phi) is 10.7. The third kappa shape index (κ3) is 7.87. The lowest BCUT2D eigenvalue weighted by molar-refractivity contribution is -0.385. The van der Waals surface area contributed by atoms with Gasteiger partial charge in [0, 0.05) is 31.3 Å². The number of nitro benzene ring substituents is 1. The molecule has 0 atom stereocenters. The normalized spacial score (nSPS) is 15.5. The molecule has 2 rings (SSSR count). The van der Waals surface area contributed by atoms with Crippen LogP contribution in [0.15, 0.2) is 34.2 Å². The van der Waals surface area contributed by atoms with E-state index in [0.717, 1.165) is 25.5 Å². The van der Waals surface area contributed by atoms with Crippen molar-refractivity contribution >= 4 is 45.6 Å². The van der Waals surface area contributed by atoms with Crippen LogP contribution in [0.2, 0.25) is 0 Å². The lowest BCUT2D eigenvalue weighted by Crippen LogP contribution is -2.44. The summed E-state index contributed by atoms with van der Waals surface area (Å²) in [5.74, 6) is 0.680. The zero-order valence-corrected chi connectivity index (χ0v) is 19.0. The fraction of sp³-hybridized carbons (Fsp3) is 0.588. The SMILES string of the molecule is CCNC(=NCCNS(=O)(=O)c1cccc([N+](=O)[O-])c1)NC1CCCCC1.I. The second-order valence-corrected chi connectivity index (χ2v) is 8.16. The van der Waals surface area contributed by atoms with Gasteiger partial charge in [-0.1, -0.05) is 25.3 Å². The number of aliphatic imine (C=N–C) groups is 1. The van der Waals surface area contributed by atoms with Gasteiger partial charge in [-0.2, -0.15) is 0 Å². The van der Waals surface area contributed by atoms with E-state index in [9.17, 15) is 18.5 Å². The Morgan fingerprint density at radius 1 is 1.29 bits per heavy atom. The van der Waals surface area contributed by atoms with Gasteiger partial charge in [0.1, 0.15) is 0 Å². The Bertz CT molecular complexity index is 767. The summed E-state index contributed by atoms with van der Waals surface area (Å²) in [6.45, 7) is 3.06. The monoisotopic (exact) mass is 525 g/mol. The zero-order valence-electron chi connectivity index (χ0n) is 15.9. The van der Waals surface area contributed by atoms with Gasteiger partial charge in [-0.3, -0.25) is 15.1 Å². The molecule has 1 aliphatic carbocycles. The van der Waals surface area contributed by atoms with Crippen LogP contribution in [0.4, 0.5) is 5.69 Å². The van der Waals surface area contributed by atoms with Crippen LogP contribution >= 0.6 is 24.0 Å². The predicted octanol–water partition coefficient (Wildman–Crippen LogP) is 2.38. The van der Waals surface area contributed by atoms with E-state index in [1.807, 2.05) is 6.92 Å². The molecule has 1 aliphatic rings. The molecule has 1 aromatic carbocycles. The van der Waals surface area contributed by atoms with E-state index in [4.69, 9.17) is 0 Å². The summed E-state index contributed by atoms with van der Waals surface area (Å²) in [7, 11) is -3.82. The van der Waals surface area contributed by atoms with Gasteiger partial charge in [-0.15, -0.1) is 24.0 Å². The third-order valence-electron chi connectivity index (χ3n) is 4.30. The minimum Gasteiger partial charge on any atom is -0.357 e. The molecule has 0 radical (unpaired) electrons. The molecule has 0 bridgehead atoms. The van der Waals surface area contributed by atoms with Crippen LogP contribution in [-0.2, 0) is 10.0 Å². The summed E-state index contributed by atoms with van der Waals surface area (Å²) in [6.07, 6.45) is 5.92. The second kappa shape index (κ2) is 12.2. The van der Waals surface area contributed by atoms with Crippen molar-refractivity contribution in [2.45, 2.75) is 50.0 Å². The molecule has 158 valence electrons. The van der Waals surface area contributed by atoms with Gasteiger partial charge in [-0.25, -0.2) is 13.1 Å². The number of nitrogens with one attached hydrogen (secondary N) is 3. The van der Waals surface area contributed by atoms with Crippen LogP contribution in [0, 0.1) is 10.1 Å². The molecule has 11 heteroatoms.